The van der Waals surface area contributed by atoms with Crippen LogP contribution in [0.4, 0.5) is 0 Å². The van der Waals surface area contributed by atoms with E-state index in [4.69, 9.17) is 9.16 Å². The molecule has 0 fully saturated rings. The van der Waals surface area contributed by atoms with Crippen LogP contribution in [-0.4, -0.2) is 24.6 Å². The molecule has 0 saturated heterocycles. The SMILES string of the molecule is CC(C)Oc1cc(CO[Si](C)(C)C(C)(C)C)[nH]n1. The van der Waals surface area contributed by atoms with E-state index in [-0.39, 0.29) is 11.1 Å². The molecule has 1 rings (SSSR count). The Morgan fingerprint density at radius 1 is 1.33 bits per heavy atom. The van der Waals surface area contributed by atoms with Crippen LogP contribution >= 0.6 is 0 Å². The minimum absolute atomic E-state index is 0.141. The Hall–Kier alpha value is -0.813. The van der Waals surface area contributed by atoms with Crippen LogP contribution in [0.5, 0.6) is 5.88 Å². The molecule has 1 heterocycles. The van der Waals surface area contributed by atoms with Crippen LogP contribution in [0, 0.1) is 0 Å². The van der Waals surface area contributed by atoms with Crippen LogP contribution in [0.3, 0.4) is 0 Å². The Labute approximate surface area is 111 Å². The van der Waals surface area contributed by atoms with Crippen molar-refractivity contribution >= 4 is 8.32 Å². The molecule has 18 heavy (non-hydrogen) atoms. The second kappa shape index (κ2) is 5.44. The lowest BCUT2D eigenvalue weighted by Crippen LogP contribution is -2.40. The van der Waals surface area contributed by atoms with Crippen molar-refractivity contribution in [3.05, 3.63) is 11.8 Å². The van der Waals surface area contributed by atoms with Crippen molar-refractivity contribution in [2.75, 3.05) is 0 Å². The highest BCUT2D eigenvalue weighted by atomic mass is 28.4. The molecule has 1 aromatic heterocycles. The van der Waals surface area contributed by atoms with Gasteiger partial charge in [0.15, 0.2) is 8.32 Å². The zero-order chi connectivity index (χ0) is 14.0. The van der Waals surface area contributed by atoms with Crippen molar-refractivity contribution in [2.24, 2.45) is 0 Å². The van der Waals surface area contributed by atoms with Gasteiger partial charge in [-0.1, -0.05) is 20.8 Å². The van der Waals surface area contributed by atoms with E-state index in [1.165, 1.54) is 0 Å². The van der Waals surface area contributed by atoms with E-state index < -0.39 is 8.32 Å². The summed E-state index contributed by atoms with van der Waals surface area (Å²) in [4.78, 5) is 0. The molecule has 0 atom stereocenters. The highest BCUT2D eigenvalue weighted by molar-refractivity contribution is 6.74. The van der Waals surface area contributed by atoms with Gasteiger partial charge in [0.1, 0.15) is 0 Å². The minimum Gasteiger partial charge on any atom is -0.474 e. The van der Waals surface area contributed by atoms with Crippen LogP contribution in [-0.2, 0) is 11.0 Å². The third kappa shape index (κ3) is 4.14. The summed E-state index contributed by atoms with van der Waals surface area (Å²) < 4.78 is 11.6. The second-order valence-electron chi connectivity index (χ2n) is 6.45. The van der Waals surface area contributed by atoms with E-state index in [2.05, 4.69) is 44.1 Å². The summed E-state index contributed by atoms with van der Waals surface area (Å²) in [5.41, 5.74) is 0.968. The molecule has 0 saturated carbocycles. The van der Waals surface area contributed by atoms with Crippen LogP contribution in [0.25, 0.3) is 0 Å². The summed E-state index contributed by atoms with van der Waals surface area (Å²) in [6, 6.07) is 1.91. The van der Waals surface area contributed by atoms with Crippen LogP contribution in [0.15, 0.2) is 6.07 Å². The van der Waals surface area contributed by atoms with Gasteiger partial charge < -0.3 is 9.16 Å². The highest BCUT2D eigenvalue weighted by Gasteiger charge is 2.37. The van der Waals surface area contributed by atoms with Gasteiger partial charge in [0.2, 0.25) is 5.88 Å². The number of hydrogen-bond acceptors (Lipinski definition) is 3. The van der Waals surface area contributed by atoms with Gasteiger partial charge in [0.05, 0.1) is 18.4 Å². The first-order valence-electron chi connectivity index (χ1n) is 6.47. The molecule has 0 aromatic carbocycles. The third-order valence-corrected chi connectivity index (χ3v) is 7.84. The maximum Gasteiger partial charge on any atom is 0.233 e. The van der Waals surface area contributed by atoms with E-state index in [1.54, 1.807) is 0 Å². The predicted octanol–water partition coefficient (Wildman–Crippen LogP) is 3.72. The fourth-order valence-corrected chi connectivity index (χ4v) is 2.14. The minimum atomic E-state index is -1.70. The maximum atomic E-state index is 6.11. The lowest BCUT2D eigenvalue weighted by molar-refractivity contribution is 0.232. The molecule has 1 aromatic rings. The van der Waals surface area contributed by atoms with Crippen molar-refractivity contribution in [3.8, 4) is 5.88 Å². The number of hydrogen-bond donors (Lipinski definition) is 1. The van der Waals surface area contributed by atoms with Crippen LogP contribution in [0.2, 0.25) is 18.1 Å². The van der Waals surface area contributed by atoms with Crippen molar-refractivity contribution in [3.63, 3.8) is 0 Å². The Morgan fingerprint density at radius 3 is 2.44 bits per heavy atom. The summed E-state index contributed by atoms with van der Waals surface area (Å²) in [6.07, 6.45) is 0.141. The molecule has 0 amide bonds. The molecule has 0 aliphatic rings. The number of rotatable bonds is 5. The van der Waals surface area contributed by atoms with Crippen molar-refractivity contribution in [2.45, 2.75) is 65.5 Å². The molecule has 0 unspecified atom stereocenters. The van der Waals surface area contributed by atoms with E-state index in [0.717, 1.165) is 5.69 Å². The molecule has 104 valence electrons. The Bertz CT molecular complexity index is 381. The molecule has 0 bridgehead atoms. The number of aromatic nitrogens is 2. The molecule has 1 N–H and O–H groups in total. The third-order valence-electron chi connectivity index (χ3n) is 3.36. The molecule has 0 spiro atoms. The van der Waals surface area contributed by atoms with E-state index in [9.17, 15) is 0 Å². The number of ether oxygens (including phenoxy) is 1. The fraction of sp³-hybridized carbons (Fsp3) is 0.769. The summed E-state index contributed by atoms with van der Waals surface area (Å²) >= 11 is 0. The van der Waals surface area contributed by atoms with Crippen molar-refractivity contribution in [1.29, 1.82) is 0 Å². The molecule has 5 heteroatoms. The van der Waals surface area contributed by atoms with Gasteiger partial charge >= 0.3 is 0 Å². The highest BCUT2D eigenvalue weighted by Crippen LogP contribution is 2.37. The first kappa shape index (κ1) is 15.2. The summed E-state index contributed by atoms with van der Waals surface area (Å²) in [6.45, 7) is 15.7. The molecule has 0 aliphatic carbocycles. The summed E-state index contributed by atoms with van der Waals surface area (Å²) in [5, 5.41) is 7.29. The first-order chi connectivity index (χ1) is 8.12. The smallest absolute Gasteiger partial charge is 0.233 e. The largest absolute Gasteiger partial charge is 0.474 e. The lowest BCUT2D eigenvalue weighted by atomic mass is 10.2. The van der Waals surface area contributed by atoms with Gasteiger partial charge in [0.25, 0.3) is 0 Å². The van der Waals surface area contributed by atoms with Gasteiger partial charge in [-0.3, -0.25) is 5.10 Å². The maximum absolute atomic E-state index is 6.11. The van der Waals surface area contributed by atoms with Crippen LogP contribution in [0.1, 0.15) is 40.3 Å². The molecular weight excluding hydrogens is 244 g/mol. The predicted molar refractivity (Wildman–Crippen MR) is 76.3 cm³/mol. The topological polar surface area (TPSA) is 47.1 Å². The summed E-state index contributed by atoms with van der Waals surface area (Å²) in [5.74, 6) is 0.638. The summed E-state index contributed by atoms with van der Waals surface area (Å²) in [7, 11) is -1.70. The number of aromatic amines is 1. The number of nitrogens with one attached hydrogen (secondary N) is 1. The van der Waals surface area contributed by atoms with Gasteiger partial charge in [-0.2, -0.15) is 0 Å². The normalized spacial score (nSPS) is 13.1. The van der Waals surface area contributed by atoms with Crippen molar-refractivity contribution in [1.82, 2.24) is 10.2 Å². The monoisotopic (exact) mass is 270 g/mol. The molecule has 0 aliphatic heterocycles. The van der Waals surface area contributed by atoms with Gasteiger partial charge in [0, 0.05) is 6.07 Å². The lowest BCUT2D eigenvalue weighted by Gasteiger charge is -2.35. The average molecular weight is 270 g/mol. The van der Waals surface area contributed by atoms with Gasteiger partial charge in [-0.05, 0) is 32.0 Å². The second-order valence-corrected chi connectivity index (χ2v) is 11.3. The molecular formula is C13H26N2O2Si. The molecule has 4 nitrogen and oxygen atoms in total. The van der Waals surface area contributed by atoms with Gasteiger partial charge in [-0.15, -0.1) is 5.10 Å². The van der Waals surface area contributed by atoms with E-state index in [1.807, 2.05) is 19.9 Å². The van der Waals surface area contributed by atoms with Gasteiger partial charge in [-0.25, -0.2) is 0 Å². The fourth-order valence-electron chi connectivity index (χ4n) is 1.19. The Balaban J connectivity index is 2.56. The van der Waals surface area contributed by atoms with Crippen LogP contribution < -0.4 is 4.74 Å². The number of H-pyrrole nitrogens is 1. The van der Waals surface area contributed by atoms with E-state index >= 15 is 0 Å². The standard InChI is InChI=1S/C13H26N2O2Si/c1-10(2)17-12-8-11(14-15-12)9-16-18(6,7)13(3,4)5/h8,10H,9H2,1-7H3,(H,14,15). The Morgan fingerprint density at radius 2 is 1.94 bits per heavy atom. The van der Waals surface area contributed by atoms with E-state index in [0.29, 0.717) is 12.5 Å². The van der Waals surface area contributed by atoms with Crippen molar-refractivity contribution < 1.29 is 9.16 Å². The average Bonchev–Trinajstić information content (AvgIpc) is 2.60. The Kier molecular flexibility index (Phi) is 4.61. The number of nitrogens with zero attached hydrogens (tertiary/aromatic N) is 1. The zero-order valence-electron chi connectivity index (χ0n) is 12.6. The zero-order valence-corrected chi connectivity index (χ0v) is 13.6. The molecule has 0 radical (unpaired) electrons. The quantitative estimate of drug-likeness (QED) is 0.830. The first-order valence-corrected chi connectivity index (χ1v) is 9.37.